The molecule has 0 fully saturated rings. The number of hydrogen-bond donors (Lipinski definition) is 1. The minimum absolute atomic E-state index is 2.00. The van der Waals surface area contributed by atoms with E-state index in [1.54, 1.807) is 0 Å². The number of rotatable bonds is 0. The van der Waals surface area contributed by atoms with Crippen LogP contribution >= 0.6 is 0 Å². The van der Waals surface area contributed by atoms with Crippen molar-refractivity contribution in [3.63, 3.8) is 0 Å². The van der Waals surface area contributed by atoms with Crippen LogP contribution in [0.2, 0.25) is 0 Å². The van der Waals surface area contributed by atoms with Gasteiger partial charge in [0.1, 0.15) is 0 Å². The molecule has 0 aromatic carbocycles. The summed E-state index contributed by atoms with van der Waals surface area (Å²) in [6, 6.07) is 0. The third-order valence-corrected chi connectivity index (χ3v) is 1.08. The Balaban J connectivity index is 4.53. The lowest BCUT2D eigenvalue weighted by molar-refractivity contribution is -0.0455. The fraction of sp³-hybridized carbons (Fsp3) is 0.500. The first-order chi connectivity index (χ1) is 3.25. The Morgan fingerprint density at radius 2 is 1.62 bits per heavy atom. The van der Waals surface area contributed by atoms with Crippen LogP contribution < -0.4 is 0 Å². The van der Waals surface area contributed by atoms with Gasteiger partial charge in [-0.3, -0.25) is 0 Å². The number of hydrogen-bond acceptors (Lipinski definition) is 1. The third-order valence-electron chi connectivity index (χ3n) is 0.362. The quantitative estimate of drug-likeness (QED) is 0.513. The lowest BCUT2D eigenvalue weighted by atomic mass is 11.6. The lowest BCUT2D eigenvalue weighted by Gasteiger charge is -2.03. The normalized spacial score (nSPS) is 20.0. The highest BCUT2D eigenvalue weighted by atomic mass is 32.2. The summed E-state index contributed by atoms with van der Waals surface area (Å²) in [5.74, 6) is 2.00. The van der Waals surface area contributed by atoms with Gasteiger partial charge in [-0.05, 0) is 5.87 Å². The van der Waals surface area contributed by atoms with Crippen LogP contribution in [0.1, 0.15) is 0 Å². The maximum Gasteiger partial charge on any atom is 0.486 e. The first-order valence-electron chi connectivity index (χ1n) is 1.41. The molecule has 50 valence electrons. The molecule has 0 rings (SSSR count). The molecule has 6 heteroatoms. The van der Waals surface area contributed by atoms with E-state index in [1.165, 1.54) is 0 Å². The lowest BCUT2D eigenvalue weighted by Crippen LogP contribution is -2.21. The molecule has 0 aromatic heterocycles. The van der Waals surface area contributed by atoms with Crippen molar-refractivity contribution >= 4 is 15.7 Å². The zero-order valence-corrected chi connectivity index (χ0v) is 4.42. The van der Waals surface area contributed by atoms with Gasteiger partial charge in [-0.1, -0.05) is 0 Å². The zero-order valence-electron chi connectivity index (χ0n) is 3.60. The third kappa shape index (κ3) is 1.71. The molecule has 2 nitrogen and oxygen atoms in total. The van der Waals surface area contributed by atoms with Gasteiger partial charge >= 0.3 is 5.51 Å². The van der Waals surface area contributed by atoms with E-state index in [4.69, 9.17) is 4.55 Å². The van der Waals surface area contributed by atoms with Gasteiger partial charge in [-0.2, -0.15) is 13.2 Å². The molecule has 0 saturated heterocycles. The Hall–Kier alpha value is -0.230. The van der Waals surface area contributed by atoms with Crippen LogP contribution in [0.3, 0.4) is 0 Å². The summed E-state index contributed by atoms with van der Waals surface area (Å²) in [6.45, 7) is 0. The van der Waals surface area contributed by atoms with Crippen molar-refractivity contribution in [3.05, 3.63) is 0 Å². The minimum Gasteiger partial charge on any atom is -0.307 e. The summed E-state index contributed by atoms with van der Waals surface area (Å²) in [7, 11) is -4.84. The molecule has 1 atom stereocenters. The average molecular weight is 148 g/mol. The summed E-state index contributed by atoms with van der Waals surface area (Å²) in [6.07, 6.45) is 0. The molecule has 0 saturated carbocycles. The zero-order chi connectivity index (χ0) is 7.00. The first kappa shape index (κ1) is 7.77. The van der Waals surface area contributed by atoms with Crippen LogP contribution in [-0.4, -0.2) is 20.1 Å². The van der Waals surface area contributed by atoms with Gasteiger partial charge in [0.25, 0.3) is 0 Å². The van der Waals surface area contributed by atoms with Crippen molar-refractivity contribution < 1.29 is 21.9 Å². The second kappa shape index (κ2) is 1.63. The van der Waals surface area contributed by atoms with Crippen LogP contribution in [0.5, 0.6) is 0 Å². The van der Waals surface area contributed by atoms with E-state index in [0.717, 1.165) is 0 Å². The van der Waals surface area contributed by atoms with Gasteiger partial charge in [0, 0.05) is 0 Å². The van der Waals surface area contributed by atoms with Gasteiger partial charge in [0.2, 0.25) is 0 Å². The van der Waals surface area contributed by atoms with Crippen LogP contribution in [0, 0.1) is 0 Å². The second-order valence-electron chi connectivity index (χ2n) is 1.09. The molecule has 0 bridgehead atoms. The van der Waals surface area contributed by atoms with Crippen LogP contribution in [0.25, 0.3) is 0 Å². The molecular formula is C2H3F3O2S. The van der Waals surface area contributed by atoms with E-state index in [-0.39, 0.29) is 0 Å². The van der Waals surface area contributed by atoms with Crippen molar-refractivity contribution in [1.29, 1.82) is 0 Å². The molecule has 0 aliphatic rings. The molecule has 8 heavy (non-hydrogen) atoms. The van der Waals surface area contributed by atoms with Crippen molar-refractivity contribution in [1.82, 2.24) is 0 Å². The topological polar surface area (TPSA) is 37.3 Å². The van der Waals surface area contributed by atoms with E-state index in [2.05, 4.69) is 0 Å². The predicted octanol–water partition coefficient (Wildman–Crippen LogP) is 0.696. The summed E-state index contributed by atoms with van der Waals surface area (Å²) >= 11 is 0. The van der Waals surface area contributed by atoms with Gasteiger partial charge in [-0.15, -0.1) is 0 Å². The van der Waals surface area contributed by atoms with Gasteiger partial charge < -0.3 is 4.55 Å². The molecule has 0 aliphatic heterocycles. The fourth-order valence-electron chi connectivity index (χ4n) is 0. The summed E-state index contributed by atoms with van der Waals surface area (Å²) < 4.78 is 50.1. The monoisotopic (exact) mass is 148 g/mol. The summed E-state index contributed by atoms with van der Waals surface area (Å²) in [5.41, 5.74) is -5.09. The van der Waals surface area contributed by atoms with Crippen molar-refractivity contribution in [2.45, 2.75) is 5.51 Å². The molecule has 0 spiro atoms. The Morgan fingerprint density at radius 1 is 1.50 bits per heavy atom. The van der Waals surface area contributed by atoms with Gasteiger partial charge in [-0.25, -0.2) is 4.21 Å². The smallest absolute Gasteiger partial charge is 0.307 e. The Kier molecular flexibility index (Phi) is 1.58. The van der Waals surface area contributed by atoms with Gasteiger partial charge in [0.15, 0.2) is 9.80 Å². The van der Waals surface area contributed by atoms with E-state index in [1.807, 2.05) is 5.87 Å². The Labute approximate surface area is 44.2 Å². The average Bonchev–Trinajstić information content (AvgIpc) is 1.25. The second-order valence-corrected chi connectivity index (χ2v) is 2.83. The standard InChI is InChI=1S/C2H3F3O2S/c1-8(6,7)2(3,4)5/h1H2,(H,6,7). The maximum atomic E-state index is 11.0. The van der Waals surface area contributed by atoms with Gasteiger partial charge in [0.05, 0.1) is 0 Å². The molecule has 0 radical (unpaired) electrons. The molecular weight excluding hydrogens is 145 g/mol. The molecule has 1 N–H and O–H groups in total. The molecule has 0 aliphatic carbocycles. The molecule has 0 heterocycles. The van der Waals surface area contributed by atoms with Crippen molar-refractivity contribution in [2.75, 3.05) is 0 Å². The first-order valence-corrected chi connectivity index (χ1v) is 3.09. The van der Waals surface area contributed by atoms with Crippen molar-refractivity contribution in [3.8, 4) is 0 Å². The highest BCUT2D eigenvalue weighted by Crippen LogP contribution is 2.20. The molecule has 0 amide bonds. The van der Waals surface area contributed by atoms with E-state index >= 15 is 0 Å². The Bertz CT molecular complexity index is 164. The van der Waals surface area contributed by atoms with E-state index in [9.17, 15) is 17.4 Å². The summed E-state index contributed by atoms with van der Waals surface area (Å²) in [5, 5.41) is 0. The highest BCUT2D eigenvalue weighted by molar-refractivity contribution is 7.95. The highest BCUT2D eigenvalue weighted by Gasteiger charge is 2.38. The fourth-order valence-corrected chi connectivity index (χ4v) is 0. The predicted molar refractivity (Wildman–Crippen MR) is 23.9 cm³/mol. The van der Waals surface area contributed by atoms with E-state index in [0.29, 0.717) is 0 Å². The van der Waals surface area contributed by atoms with E-state index < -0.39 is 15.3 Å². The summed E-state index contributed by atoms with van der Waals surface area (Å²) in [4.78, 5) is 0. The molecule has 1 unspecified atom stereocenters. The minimum atomic E-state index is -5.09. The van der Waals surface area contributed by atoms with Crippen LogP contribution in [0.15, 0.2) is 0 Å². The van der Waals surface area contributed by atoms with Crippen LogP contribution in [-0.2, 0) is 9.80 Å². The Morgan fingerprint density at radius 3 is 1.62 bits per heavy atom. The molecule has 0 aromatic rings. The van der Waals surface area contributed by atoms with Crippen molar-refractivity contribution in [2.24, 2.45) is 0 Å². The maximum absolute atomic E-state index is 11.0. The number of halogens is 3. The number of alkyl halides is 3. The van der Waals surface area contributed by atoms with Crippen LogP contribution in [0.4, 0.5) is 13.2 Å². The largest absolute Gasteiger partial charge is 0.486 e. The SMILES string of the molecule is C=S(=O)(O)C(F)(F)F.